The summed E-state index contributed by atoms with van der Waals surface area (Å²) in [5.41, 5.74) is 0.100. The number of carboxylic acids is 1. The summed E-state index contributed by atoms with van der Waals surface area (Å²) in [4.78, 5) is 22.9. The first-order valence-corrected chi connectivity index (χ1v) is 5.13. The molecule has 6 nitrogen and oxygen atoms in total. The van der Waals surface area contributed by atoms with Crippen LogP contribution in [0.5, 0.6) is 0 Å². The Kier molecular flexibility index (Phi) is 2.78. The van der Waals surface area contributed by atoms with E-state index in [0.29, 0.717) is 5.69 Å². The average molecular weight is 233 g/mol. The Morgan fingerprint density at radius 2 is 2.00 bits per heavy atom. The second-order valence-electron chi connectivity index (χ2n) is 3.40. The first kappa shape index (κ1) is 11.1. The van der Waals surface area contributed by atoms with E-state index in [2.05, 4.69) is 5.10 Å². The Bertz CT molecular complexity index is 598. The summed E-state index contributed by atoms with van der Waals surface area (Å²) in [5, 5.41) is 12.8. The summed E-state index contributed by atoms with van der Waals surface area (Å²) < 4.78 is 2.21. The number of hydrogen-bond acceptors (Lipinski definition) is 3. The summed E-state index contributed by atoms with van der Waals surface area (Å²) in [6, 6.07) is 8.71. The van der Waals surface area contributed by atoms with Crippen molar-refractivity contribution >= 4 is 5.97 Å². The minimum atomic E-state index is -1.21. The first-order valence-electron chi connectivity index (χ1n) is 5.13. The molecule has 0 unspecified atom stereocenters. The molecule has 17 heavy (non-hydrogen) atoms. The molecule has 88 valence electrons. The minimum Gasteiger partial charge on any atom is -0.475 e. The molecule has 0 spiro atoms. The van der Waals surface area contributed by atoms with Crippen molar-refractivity contribution in [3.8, 4) is 5.69 Å². The van der Waals surface area contributed by atoms with Gasteiger partial charge in [0.2, 0.25) is 5.82 Å². The molecule has 0 fully saturated rings. The highest BCUT2D eigenvalue weighted by Crippen LogP contribution is 2.03. The van der Waals surface area contributed by atoms with Crippen LogP contribution >= 0.6 is 0 Å². The number of carbonyl (C=O) groups is 1. The molecule has 1 heterocycles. The topological polar surface area (TPSA) is 77.1 Å². The van der Waals surface area contributed by atoms with Crippen LogP contribution in [0, 0.1) is 0 Å². The first-order chi connectivity index (χ1) is 8.15. The maximum absolute atomic E-state index is 11.9. The van der Waals surface area contributed by atoms with Crippen molar-refractivity contribution < 1.29 is 9.90 Å². The van der Waals surface area contributed by atoms with Gasteiger partial charge in [-0.05, 0) is 19.1 Å². The molecule has 0 aliphatic rings. The zero-order valence-electron chi connectivity index (χ0n) is 9.20. The molecule has 0 aliphatic carbocycles. The van der Waals surface area contributed by atoms with E-state index < -0.39 is 11.7 Å². The number of aromatic nitrogens is 3. The fraction of sp³-hybridized carbons (Fsp3) is 0.182. The third-order valence-electron chi connectivity index (χ3n) is 2.37. The number of hydrogen-bond donors (Lipinski definition) is 1. The second kappa shape index (κ2) is 4.25. The Balaban J connectivity index is 2.65. The van der Waals surface area contributed by atoms with E-state index >= 15 is 0 Å². The smallest absolute Gasteiger partial charge is 0.374 e. The lowest BCUT2D eigenvalue weighted by molar-refractivity contribution is 0.0677. The highest BCUT2D eigenvalue weighted by Gasteiger charge is 2.18. The fourth-order valence-electron chi connectivity index (χ4n) is 1.58. The highest BCUT2D eigenvalue weighted by molar-refractivity contribution is 5.83. The van der Waals surface area contributed by atoms with Gasteiger partial charge in [-0.2, -0.15) is 4.68 Å². The molecule has 1 aromatic carbocycles. The molecule has 1 aromatic heterocycles. The van der Waals surface area contributed by atoms with Gasteiger partial charge in [0.15, 0.2) is 0 Å². The third kappa shape index (κ3) is 1.84. The average Bonchev–Trinajstić information content (AvgIpc) is 2.67. The van der Waals surface area contributed by atoms with Gasteiger partial charge in [0.1, 0.15) is 0 Å². The molecule has 2 rings (SSSR count). The van der Waals surface area contributed by atoms with Crippen molar-refractivity contribution in [2.45, 2.75) is 13.5 Å². The third-order valence-corrected chi connectivity index (χ3v) is 2.37. The van der Waals surface area contributed by atoms with E-state index in [4.69, 9.17) is 5.11 Å². The van der Waals surface area contributed by atoms with Crippen molar-refractivity contribution in [3.05, 3.63) is 46.6 Å². The SMILES string of the molecule is CCn1c(C(=O)O)nn(-c2ccccc2)c1=O. The van der Waals surface area contributed by atoms with Crippen molar-refractivity contribution in [3.63, 3.8) is 0 Å². The molecule has 0 bridgehead atoms. The van der Waals surface area contributed by atoms with E-state index in [1.165, 1.54) is 0 Å². The Morgan fingerprint density at radius 1 is 1.35 bits per heavy atom. The maximum Gasteiger partial charge on any atom is 0.374 e. The lowest BCUT2D eigenvalue weighted by atomic mass is 10.3. The van der Waals surface area contributed by atoms with Crippen molar-refractivity contribution in [2.75, 3.05) is 0 Å². The summed E-state index contributed by atoms with van der Waals surface area (Å²) in [6.07, 6.45) is 0. The fourth-order valence-corrected chi connectivity index (χ4v) is 1.58. The van der Waals surface area contributed by atoms with E-state index in [-0.39, 0.29) is 12.4 Å². The molecule has 2 aromatic rings. The number of nitrogens with zero attached hydrogens (tertiary/aromatic N) is 3. The van der Waals surface area contributed by atoms with Crippen LogP contribution in [-0.2, 0) is 6.54 Å². The van der Waals surface area contributed by atoms with Gasteiger partial charge < -0.3 is 5.11 Å². The number of para-hydroxylation sites is 1. The van der Waals surface area contributed by atoms with Gasteiger partial charge in [-0.25, -0.2) is 9.59 Å². The van der Waals surface area contributed by atoms with Crippen molar-refractivity contribution in [1.82, 2.24) is 14.3 Å². The van der Waals surface area contributed by atoms with Gasteiger partial charge in [0.05, 0.1) is 5.69 Å². The van der Waals surface area contributed by atoms with Crippen LogP contribution in [0.25, 0.3) is 5.69 Å². The Labute approximate surface area is 96.7 Å². The summed E-state index contributed by atoms with van der Waals surface area (Å²) in [6.45, 7) is 1.97. The van der Waals surface area contributed by atoms with Crippen LogP contribution in [0.15, 0.2) is 35.1 Å². The zero-order valence-corrected chi connectivity index (χ0v) is 9.20. The number of benzene rings is 1. The van der Waals surface area contributed by atoms with E-state index in [1.54, 1.807) is 31.2 Å². The quantitative estimate of drug-likeness (QED) is 0.848. The van der Waals surface area contributed by atoms with Crippen LogP contribution in [0.2, 0.25) is 0 Å². The lowest BCUT2D eigenvalue weighted by Crippen LogP contribution is -2.24. The van der Waals surface area contributed by atoms with Crippen LogP contribution in [0.1, 0.15) is 17.5 Å². The molecular formula is C11H11N3O3. The van der Waals surface area contributed by atoms with Crippen molar-refractivity contribution in [1.29, 1.82) is 0 Å². The molecular weight excluding hydrogens is 222 g/mol. The van der Waals surface area contributed by atoms with Crippen molar-refractivity contribution in [2.24, 2.45) is 0 Å². The van der Waals surface area contributed by atoms with Gasteiger partial charge in [-0.3, -0.25) is 4.57 Å². The molecule has 0 amide bonds. The van der Waals surface area contributed by atoms with E-state index in [9.17, 15) is 9.59 Å². The molecule has 0 saturated heterocycles. The van der Waals surface area contributed by atoms with Gasteiger partial charge in [-0.15, -0.1) is 5.10 Å². The summed E-state index contributed by atoms with van der Waals surface area (Å²) in [7, 11) is 0. The molecule has 6 heteroatoms. The van der Waals surface area contributed by atoms with Crippen LogP contribution in [0.4, 0.5) is 0 Å². The molecule has 0 atom stereocenters. The predicted molar refractivity (Wildman–Crippen MR) is 60.5 cm³/mol. The summed E-state index contributed by atoms with van der Waals surface area (Å²) in [5.74, 6) is -1.46. The lowest BCUT2D eigenvalue weighted by Gasteiger charge is -1.97. The predicted octanol–water partition coefficient (Wildman–Crippen LogP) is 0.752. The van der Waals surface area contributed by atoms with Gasteiger partial charge >= 0.3 is 11.7 Å². The highest BCUT2D eigenvalue weighted by atomic mass is 16.4. The monoisotopic (exact) mass is 233 g/mol. The maximum atomic E-state index is 11.9. The van der Waals surface area contributed by atoms with Gasteiger partial charge in [0, 0.05) is 6.54 Å². The van der Waals surface area contributed by atoms with Crippen LogP contribution < -0.4 is 5.69 Å². The second-order valence-corrected chi connectivity index (χ2v) is 3.40. The molecule has 0 saturated carbocycles. The van der Waals surface area contributed by atoms with Crippen LogP contribution in [0.3, 0.4) is 0 Å². The minimum absolute atomic E-state index is 0.249. The Morgan fingerprint density at radius 3 is 2.47 bits per heavy atom. The normalized spacial score (nSPS) is 10.4. The number of rotatable bonds is 3. The van der Waals surface area contributed by atoms with E-state index in [1.807, 2.05) is 6.07 Å². The van der Waals surface area contributed by atoms with E-state index in [0.717, 1.165) is 9.25 Å². The van der Waals surface area contributed by atoms with Crippen LogP contribution in [-0.4, -0.2) is 25.4 Å². The standard InChI is InChI=1S/C11H11N3O3/c1-2-13-9(10(15)16)12-14(11(13)17)8-6-4-3-5-7-8/h3-7H,2H2,1H3,(H,15,16). The number of aromatic carboxylic acids is 1. The summed E-state index contributed by atoms with van der Waals surface area (Å²) >= 11 is 0. The van der Waals surface area contributed by atoms with Gasteiger partial charge in [0.25, 0.3) is 0 Å². The van der Waals surface area contributed by atoms with Gasteiger partial charge in [-0.1, -0.05) is 18.2 Å². The molecule has 0 aliphatic heterocycles. The largest absolute Gasteiger partial charge is 0.475 e. The molecule has 1 N–H and O–H groups in total. The number of carboxylic acid groups (broad SMARTS) is 1. The zero-order chi connectivity index (χ0) is 12.4. The Hall–Kier alpha value is -2.37. The molecule has 0 radical (unpaired) electrons.